The molecule has 1 atom stereocenters. The van der Waals surface area contributed by atoms with Crippen LogP contribution >= 0.6 is 11.6 Å². The number of hydrogen-bond acceptors (Lipinski definition) is 3. The largest absolute Gasteiger partial charge is 0.316 e. The summed E-state index contributed by atoms with van der Waals surface area (Å²) in [6.45, 7) is 2.03. The number of piperidine rings is 1. The van der Waals surface area contributed by atoms with Crippen molar-refractivity contribution in [2.45, 2.75) is 19.4 Å². The Morgan fingerprint density at radius 1 is 1.37 bits per heavy atom. The Bertz CT molecular complexity index is 513. The van der Waals surface area contributed by atoms with Crippen LogP contribution in [0.3, 0.4) is 0 Å². The molecule has 4 nitrogen and oxygen atoms in total. The standard InChI is InChI=1S/C13H19ClN2O2S/c14-13-6-2-1-5-12(13)9-16-19(17,18)10-11-4-3-7-15-8-11/h1-2,5-6,11,15-16H,3-4,7-10H2. The fraction of sp³-hybridized carbons (Fsp3) is 0.538. The lowest BCUT2D eigenvalue weighted by Gasteiger charge is -2.22. The van der Waals surface area contributed by atoms with Gasteiger partial charge in [-0.1, -0.05) is 29.8 Å². The molecule has 0 aromatic heterocycles. The quantitative estimate of drug-likeness (QED) is 0.871. The van der Waals surface area contributed by atoms with Crippen LogP contribution in [0.5, 0.6) is 0 Å². The number of benzene rings is 1. The molecule has 2 N–H and O–H groups in total. The Hall–Kier alpha value is -0.620. The molecule has 0 radical (unpaired) electrons. The van der Waals surface area contributed by atoms with Crippen molar-refractivity contribution in [1.29, 1.82) is 0 Å². The maximum Gasteiger partial charge on any atom is 0.212 e. The number of hydrogen-bond donors (Lipinski definition) is 2. The summed E-state index contributed by atoms with van der Waals surface area (Å²) < 4.78 is 26.6. The van der Waals surface area contributed by atoms with Crippen molar-refractivity contribution in [1.82, 2.24) is 10.0 Å². The summed E-state index contributed by atoms with van der Waals surface area (Å²) in [5.74, 6) is 0.391. The van der Waals surface area contributed by atoms with Gasteiger partial charge in [0, 0.05) is 11.6 Å². The molecule has 1 saturated heterocycles. The van der Waals surface area contributed by atoms with Crippen LogP contribution in [0.1, 0.15) is 18.4 Å². The molecule has 0 aliphatic carbocycles. The van der Waals surface area contributed by atoms with Crippen LogP contribution in [0, 0.1) is 5.92 Å². The van der Waals surface area contributed by atoms with Gasteiger partial charge in [-0.05, 0) is 43.5 Å². The first-order chi connectivity index (χ1) is 9.07. The van der Waals surface area contributed by atoms with Crippen molar-refractivity contribution >= 4 is 21.6 Å². The van der Waals surface area contributed by atoms with E-state index < -0.39 is 10.0 Å². The predicted molar refractivity (Wildman–Crippen MR) is 77.7 cm³/mol. The summed E-state index contributed by atoms with van der Waals surface area (Å²) in [5.41, 5.74) is 0.800. The van der Waals surface area contributed by atoms with Gasteiger partial charge in [-0.15, -0.1) is 0 Å². The second kappa shape index (κ2) is 6.70. The molecule has 106 valence electrons. The van der Waals surface area contributed by atoms with E-state index in [9.17, 15) is 8.42 Å². The zero-order valence-corrected chi connectivity index (χ0v) is 12.3. The fourth-order valence-corrected chi connectivity index (χ4v) is 3.87. The van der Waals surface area contributed by atoms with E-state index in [1.807, 2.05) is 18.2 Å². The molecule has 19 heavy (non-hydrogen) atoms. The average molecular weight is 303 g/mol. The Morgan fingerprint density at radius 2 is 2.16 bits per heavy atom. The summed E-state index contributed by atoms with van der Waals surface area (Å²) >= 11 is 6.00. The second-order valence-corrected chi connectivity index (χ2v) is 7.17. The Labute approximate surface area is 119 Å². The smallest absolute Gasteiger partial charge is 0.212 e. The van der Waals surface area contributed by atoms with Gasteiger partial charge >= 0.3 is 0 Å². The third kappa shape index (κ3) is 4.76. The minimum Gasteiger partial charge on any atom is -0.316 e. The maximum absolute atomic E-state index is 12.0. The molecule has 1 aliphatic heterocycles. The first-order valence-electron chi connectivity index (χ1n) is 6.48. The monoisotopic (exact) mass is 302 g/mol. The Balaban J connectivity index is 1.88. The van der Waals surface area contributed by atoms with Gasteiger partial charge in [-0.3, -0.25) is 0 Å². The fourth-order valence-electron chi connectivity index (χ4n) is 2.26. The molecule has 2 rings (SSSR count). The minimum absolute atomic E-state index is 0.185. The minimum atomic E-state index is -3.24. The third-order valence-corrected chi connectivity index (χ3v) is 5.16. The highest BCUT2D eigenvalue weighted by atomic mass is 35.5. The first-order valence-corrected chi connectivity index (χ1v) is 8.51. The van der Waals surface area contributed by atoms with Crippen molar-refractivity contribution in [2.24, 2.45) is 5.92 Å². The van der Waals surface area contributed by atoms with Gasteiger partial charge in [-0.2, -0.15) is 0 Å². The highest BCUT2D eigenvalue weighted by Crippen LogP contribution is 2.16. The molecule has 1 aromatic carbocycles. The molecular weight excluding hydrogens is 284 g/mol. The highest BCUT2D eigenvalue weighted by Gasteiger charge is 2.20. The number of rotatable bonds is 5. The normalized spacial score (nSPS) is 20.4. The maximum atomic E-state index is 12.0. The summed E-state index contributed by atoms with van der Waals surface area (Å²) in [7, 11) is -3.24. The van der Waals surface area contributed by atoms with Crippen LogP contribution in [-0.2, 0) is 16.6 Å². The van der Waals surface area contributed by atoms with Crippen molar-refractivity contribution in [2.75, 3.05) is 18.8 Å². The molecule has 1 heterocycles. The van der Waals surface area contributed by atoms with E-state index in [4.69, 9.17) is 11.6 Å². The lowest BCUT2D eigenvalue weighted by molar-refractivity contribution is 0.402. The van der Waals surface area contributed by atoms with Crippen molar-refractivity contribution in [3.8, 4) is 0 Å². The molecular formula is C13H19ClN2O2S. The van der Waals surface area contributed by atoms with Gasteiger partial charge in [-0.25, -0.2) is 13.1 Å². The van der Waals surface area contributed by atoms with Gasteiger partial charge in [0.05, 0.1) is 5.75 Å². The molecule has 1 unspecified atom stereocenters. The van der Waals surface area contributed by atoms with Crippen LogP contribution in [0.4, 0.5) is 0 Å². The van der Waals surface area contributed by atoms with Gasteiger partial charge in [0.15, 0.2) is 0 Å². The predicted octanol–water partition coefficient (Wildman–Crippen LogP) is 1.76. The molecule has 0 bridgehead atoms. The van der Waals surface area contributed by atoms with E-state index in [-0.39, 0.29) is 18.2 Å². The lowest BCUT2D eigenvalue weighted by atomic mass is 10.0. The third-order valence-electron chi connectivity index (χ3n) is 3.29. The second-order valence-electron chi connectivity index (χ2n) is 4.91. The molecule has 0 amide bonds. The topological polar surface area (TPSA) is 58.2 Å². The average Bonchev–Trinajstić information content (AvgIpc) is 2.38. The van der Waals surface area contributed by atoms with E-state index in [2.05, 4.69) is 10.0 Å². The first kappa shape index (κ1) is 14.8. The SMILES string of the molecule is O=S(=O)(CC1CCCNC1)NCc1ccccc1Cl. The number of halogens is 1. The van der Waals surface area contributed by atoms with Gasteiger partial charge in [0.1, 0.15) is 0 Å². The molecule has 0 saturated carbocycles. The van der Waals surface area contributed by atoms with E-state index in [0.29, 0.717) is 5.02 Å². The molecule has 0 spiro atoms. The number of sulfonamides is 1. The van der Waals surface area contributed by atoms with Gasteiger partial charge < -0.3 is 5.32 Å². The molecule has 1 fully saturated rings. The van der Waals surface area contributed by atoms with E-state index in [0.717, 1.165) is 31.5 Å². The zero-order valence-electron chi connectivity index (χ0n) is 10.7. The van der Waals surface area contributed by atoms with Crippen LogP contribution in [0.2, 0.25) is 5.02 Å². The highest BCUT2D eigenvalue weighted by molar-refractivity contribution is 7.89. The van der Waals surface area contributed by atoms with E-state index >= 15 is 0 Å². The zero-order chi connectivity index (χ0) is 13.7. The van der Waals surface area contributed by atoms with Crippen LogP contribution < -0.4 is 10.0 Å². The van der Waals surface area contributed by atoms with E-state index in [1.54, 1.807) is 6.07 Å². The van der Waals surface area contributed by atoms with Crippen LogP contribution in [0.15, 0.2) is 24.3 Å². The van der Waals surface area contributed by atoms with Crippen molar-refractivity contribution in [3.63, 3.8) is 0 Å². The van der Waals surface area contributed by atoms with Crippen molar-refractivity contribution in [3.05, 3.63) is 34.9 Å². The molecule has 1 aromatic rings. The summed E-state index contributed by atoms with van der Waals surface area (Å²) in [5, 5.41) is 3.81. The Kier molecular flexibility index (Phi) is 5.21. The van der Waals surface area contributed by atoms with E-state index in [1.165, 1.54) is 0 Å². The molecule has 6 heteroatoms. The summed E-state index contributed by atoms with van der Waals surface area (Å²) in [4.78, 5) is 0. The molecule has 1 aliphatic rings. The summed E-state index contributed by atoms with van der Waals surface area (Å²) in [6, 6.07) is 7.26. The Morgan fingerprint density at radius 3 is 2.84 bits per heavy atom. The van der Waals surface area contributed by atoms with Crippen molar-refractivity contribution < 1.29 is 8.42 Å². The van der Waals surface area contributed by atoms with Crippen LogP contribution in [0.25, 0.3) is 0 Å². The number of nitrogens with one attached hydrogen (secondary N) is 2. The van der Waals surface area contributed by atoms with Crippen LogP contribution in [-0.4, -0.2) is 27.3 Å². The summed E-state index contributed by atoms with van der Waals surface area (Å²) in [6.07, 6.45) is 2.02. The lowest BCUT2D eigenvalue weighted by Crippen LogP contribution is -2.37. The van der Waals surface area contributed by atoms with Gasteiger partial charge in [0.25, 0.3) is 0 Å². The van der Waals surface area contributed by atoms with Gasteiger partial charge in [0.2, 0.25) is 10.0 Å².